The maximum atomic E-state index is 16.6. The fourth-order valence-electron chi connectivity index (χ4n) is 11.0. The molecular formula is C69H39F15O8. The van der Waals surface area contributed by atoms with Crippen LogP contribution in [0.4, 0.5) is 65.9 Å². The molecule has 92 heavy (non-hydrogen) atoms. The maximum Gasteiger partial charge on any atom is 0.209 e. The molecule has 0 radical (unpaired) electrons. The van der Waals surface area contributed by atoms with Crippen LogP contribution in [0.1, 0.15) is 16.7 Å². The van der Waals surface area contributed by atoms with Crippen molar-refractivity contribution >= 4 is 43.1 Å². The molecule has 0 unspecified atom stereocenters. The quantitative estimate of drug-likeness (QED) is 0.0563. The van der Waals surface area contributed by atoms with Crippen molar-refractivity contribution in [3.63, 3.8) is 0 Å². The lowest BCUT2D eigenvalue weighted by Gasteiger charge is -2.28. The second kappa shape index (κ2) is 23.8. The predicted octanol–water partition coefficient (Wildman–Crippen LogP) is 20.1. The number of halogens is 15. The van der Waals surface area contributed by atoms with Gasteiger partial charge in [0.15, 0.2) is 116 Å². The third-order valence-corrected chi connectivity index (χ3v) is 15.6. The van der Waals surface area contributed by atoms with Crippen LogP contribution < -0.4 is 18.9 Å². The highest BCUT2D eigenvalue weighted by Crippen LogP contribution is 2.59. The molecule has 12 aromatic carbocycles. The van der Waals surface area contributed by atoms with Crippen molar-refractivity contribution < 1.29 is 105 Å². The zero-order valence-electron chi connectivity index (χ0n) is 47.6. The highest BCUT2D eigenvalue weighted by atomic mass is 19.2. The lowest BCUT2D eigenvalue weighted by atomic mass is 9.90. The Morgan fingerprint density at radius 1 is 0.293 bits per heavy atom. The van der Waals surface area contributed by atoms with Gasteiger partial charge in [0, 0.05) is 27.8 Å². The predicted molar refractivity (Wildman–Crippen MR) is 311 cm³/mol. The van der Waals surface area contributed by atoms with Gasteiger partial charge in [-0.1, -0.05) is 97.1 Å². The molecule has 0 bridgehead atoms. The minimum Gasteiger partial charge on any atom is -0.504 e. The number of rotatable bonds is 6. The summed E-state index contributed by atoms with van der Waals surface area (Å²) in [5.41, 5.74) is -5.85. The van der Waals surface area contributed by atoms with Crippen molar-refractivity contribution in [3.8, 4) is 102 Å². The van der Waals surface area contributed by atoms with Crippen LogP contribution in [0.25, 0.3) is 87.6 Å². The van der Waals surface area contributed by atoms with E-state index >= 15 is 17.6 Å². The topological polar surface area (TPSA) is 118 Å². The Morgan fingerprint density at radius 2 is 0.641 bits per heavy atom. The largest absolute Gasteiger partial charge is 0.504 e. The van der Waals surface area contributed by atoms with Gasteiger partial charge in [-0.25, -0.2) is 65.9 Å². The van der Waals surface area contributed by atoms with Gasteiger partial charge in [-0.15, -0.1) is 0 Å². The summed E-state index contributed by atoms with van der Waals surface area (Å²) >= 11 is 0. The van der Waals surface area contributed by atoms with Crippen molar-refractivity contribution in [1.29, 1.82) is 0 Å². The molecule has 0 spiro atoms. The first-order valence-electron chi connectivity index (χ1n) is 26.9. The molecule has 0 fully saturated rings. The fourth-order valence-corrected chi connectivity index (χ4v) is 11.0. The van der Waals surface area contributed by atoms with Crippen molar-refractivity contribution in [2.45, 2.75) is 20.8 Å². The number of phenols is 4. The molecule has 23 heteroatoms. The van der Waals surface area contributed by atoms with Gasteiger partial charge in [-0.3, -0.25) is 0 Å². The van der Waals surface area contributed by atoms with E-state index in [0.717, 1.165) is 28.5 Å². The number of hydrogen-bond acceptors (Lipinski definition) is 8. The summed E-state index contributed by atoms with van der Waals surface area (Å²) in [6.07, 6.45) is 0. The molecule has 1 aliphatic rings. The van der Waals surface area contributed by atoms with Crippen LogP contribution in [0.5, 0.6) is 57.5 Å². The van der Waals surface area contributed by atoms with Crippen LogP contribution in [-0.2, 0) is 0 Å². The summed E-state index contributed by atoms with van der Waals surface area (Å²) in [4.78, 5) is 0. The van der Waals surface area contributed by atoms with Gasteiger partial charge in [-0.05, 0) is 105 Å². The SMILES string of the molecule is COc1cc2ccccc2c(-c2c3c(cc4ccccc24)Oc2c(F)c(C)c(-c4c(F)c(C)c(C)c(F)c4F)c(F)c2O3)c1OC.Fc1c(F)c(F)c(-c2c(F)c(F)c(F)c(F)c2F)c(F)c1F.Oc1cc2ccccc2c(-c2c(O)c(O)cc3ccccc23)c1O. The Kier molecular flexibility index (Phi) is 16.2. The van der Waals surface area contributed by atoms with Crippen molar-refractivity contribution in [3.05, 3.63) is 225 Å². The number of aromatic hydroxyl groups is 4. The Balaban J connectivity index is 0.000000158. The Hall–Kier alpha value is -11.0. The van der Waals surface area contributed by atoms with Crippen molar-refractivity contribution in [1.82, 2.24) is 0 Å². The molecular weight excluding hydrogens is 1240 g/mol. The molecule has 0 aliphatic carbocycles. The van der Waals surface area contributed by atoms with Crippen LogP contribution in [0.2, 0.25) is 0 Å². The van der Waals surface area contributed by atoms with Crippen LogP contribution in [0.15, 0.2) is 121 Å². The van der Waals surface area contributed by atoms with Gasteiger partial charge in [0.05, 0.1) is 30.9 Å². The molecule has 0 atom stereocenters. The smallest absolute Gasteiger partial charge is 0.209 e. The van der Waals surface area contributed by atoms with Crippen LogP contribution in [-0.4, -0.2) is 34.6 Å². The zero-order valence-corrected chi connectivity index (χ0v) is 47.6. The molecule has 4 N–H and O–H groups in total. The number of ether oxygens (including phenoxy) is 4. The molecule has 0 aromatic heterocycles. The monoisotopic (exact) mass is 1280 g/mol. The number of methoxy groups -OCH3 is 2. The standard InChI is InChI=1S/C37H25F5O4.C20H14O4.C12F10/c1-16-17(2)30(39)32(41)28(29(16)38)25-18(3)31(40)36-37(33(25)42)46-35-24(45-36)15-20-11-7-9-13-22(20)27(35)26-21-12-8-6-10-19(21)14-23(43-4)34(26)44-5;21-15-9-11-5-1-3-7-13(11)17(19(15)23)18-14-8-4-2-6-12(14)10-16(22)20(18)24;13-3-1(4(14)8(18)11(21)7(3)17)2-5(15)9(19)12(22)10(20)6(2)16/h6-15H,1-5H3;1-10,21-24H;. The van der Waals surface area contributed by atoms with Gasteiger partial charge in [0.2, 0.25) is 23.1 Å². The summed E-state index contributed by atoms with van der Waals surface area (Å²) in [6.45, 7) is 3.57. The minimum absolute atomic E-state index is 0.00298. The first kappa shape index (κ1) is 62.6. The normalized spacial score (nSPS) is 11.6. The summed E-state index contributed by atoms with van der Waals surface area (Å²) in [7, 11) is 2.98. The highest BCUT2D eigenvalue weighted by Gasteiger charge is 2.38. The number of benzene rings is 12. The maximum absolute atomic E-state index is 16.6. The van der Waals surface area contributed by atoms with Crippen molar-refractivity contribution in [2.24, 2.45) is 0 Å². The molecule has 13 rings (SSSR count). The third kappa shape index (κ3) is 9.85. The van der Waals surface area contributed by atoms with Gasteiger partial charge in [-0.2, -0.15) is 0 Å². The van der Waals surface area contributed by atoms with E-state index in [1.54, 1.807) is 30.3 Å². The average Bonchev–Trinajstić information content (AvgIpc) is 0.727. The number of fused-ring (bicyclic) bond motifs is 6. The molecule has 0 amide bonds. The number of hydrogen-bond donors (Lipinski definition) is 4. The summed E-state index contributed by atoms with van der Waals surface area (Å²) in [6, 6.07) is 35.6. The zero-order chi connectivity index (χ0) is 66.4. The van der Waals surface area contributed by atoms with Gasteiger partial charge in [0.1, 0.15) is 5.82 Å². The Bertz CT molecular complexity index is 4890. The van der Waals surface area contributed by atoms with Crippen LogP contribution in [0.3, 0.4) is 0 Å². The molecule has 0 saturated heterocycles. The first-order valence-corrected chi connectivity index (χ1v) is 26.9. The fraction of sp³-hybridized carbons (Fsp3) is 0.0725. The average molecular weight is 1280 g/mol. The van der Waals surface area contributed by atoms with Crippen LogP contribution >= 0.6 is 0 Å². The van der Waals surface area contributed by atoms with E-state index in [4.69, 9.17) is 18.9 Å². The van der Waals surface area contributed by atoms with E-state index in [0.29, 0.717) is 44.2 Å². The van der Waals surface area contributed by atoms with E-state index in [1.807, 2.05) is 78.9 Å². The Morgan fingerprint density at radius 3 is 1.08 bits per heavy atom. The summed E-state index contributed by atoms with van der Waals surface area (Å²) in [5, 5.41) is 46.8. The second-order valence-corrected chi connectivity index (χ2v) is 20.6. The number of phenolic OH excluding ortho intramolecular Hbond substituents is 4. The first-order chi connectivity index (χ1) is 43.8. The van der Waals surface area contributed by atoms with E-state index in [9.17, 15) is 68.7 Å². The van der Waals surface area contributed by atoms with Gasteiger partial charge < -0.3 is 39.4 Å². The lowest BCUT2D eigenvalue weighted by Crippen LogP contribution is -2.10. The summed E-state index contributed by atoms with van der Waals surface area (Å²) in [5.74, 6) is -35.1. The molecule has 1 heterocycles. The van der Waals surface area contributed by atoms with E-state index < -0.39 is 127 Å². The van der Waals surface area contributed by atoms with Crippen molar-refractivity contribution in [2.75, 3.05) is 14.2 Å². The summed E-state index contributed by atoms with van der Waals surface area (Å²) < 4.78 is 233. The van der Waals surface area contributed by atoms with E-state index in [-0.39, 0.29) is 56.8 Å². The van der Waals surface area contributed by atoms with Crippen LogP contribution in [0, 0.1) is 108 Å². The lowest BCUT2D eigenvalue weighted by molar-refractivity contribution is 0.327. The minimum atomic E-state index is -2.68. The highest BCUT2D eigenvalue weighted by molar-refractivity contribution is 6.13. The van der Waals surface area contributed by atoms with Gasteiger partial charge in [0.25, 0.3) is 0 Å². The molecule has 0 saturated carbocycles. The molecule has 12 aromatic rings. The van der Waals surface area contributed by atoms with E-state index in [1.165, 1.54) is 40.2 Å². The molecule has 1 aliphatic heterocycles. The second-order valence-electron chi connectivity index (χ2n) is 20.6. The molecule has 8 nitrogen and oxygen atoms in total. The van der Waals surface area contributed by atoms with E-state index in [2.05, 4.69) is 0 Å². The Labute approximate surface area is 509 Å². The third-order valence-electron chi connectivity index (χ3n) is 15.6. The van der Waals surface area contributed by atoms with Gasteiger partial charge >= 0.3 is 0 Å². The molecule has 468 valence electrons.